The van der Waals surface area contributed by atoms with Crippen molar-refractivity contribution in [3.63, 3.8) is 0 Å². The van der Waals surface area contributed by atoms with E-state index in [9.17, 15) is 9.59 Å². The largest absolute Gasteiger partial charge is 0.340 e. The van der Waals surface area contributed by atoms with Gasteiger partial charge in [0, 0.05) is 11.0 Å². The lowest BCUT2D eigenvalue weighted by atomic mass is 9.94. The van der Waals surface area contributed by atoms with E-state index < -0.39 is 5.54 Å². The SMILES string of the molecule is CCC1(C)NC(=O)CN(Cc2cccc(Br)c2)C1=O. The maximum Gasteiger partial charge on any atom is 0.248 e. The number of rotatable bonds is 3. The quantitative estimate of drug-likeness (QED) is 0.925. The summed E-state index contributed by atoms with van der Waals surface area (Å²) in [5.74, 6) is -0.117. The van der Waals surface area contributed by atoms with Gasteiger partial charge >= 0.3 is 0 Å². The fraction of sp³-hybridized carbons (Fsp3) is 0.429. The Morgan fingerprint density at radius 3 is 2.79 bits per heavy atom. The molecule has 102 valence electrons. The van der Waals surface area contributed by atoms with E-state index in [0.717, 1.165) is 10.0 Å². The van der Waals surface area contributed by atoms with Crippen LogP contribution >= 0.6 is 15.9 Å². The molecule has 5 heteroatoms. The van der Waals surface area contributed by atoms with Crippen LogP contribution in [-0.2, 0) is 16.1 Å². The number of benzene rings is 1. The number of amides is 2. The van der Waals surface area contributed by atoms with Crippen molar-refractivity contribution in [1.82, 2.24) is 10.2 Å². The van der Waals surface area contributed by atoms with E-state index in [1.165, 1.54) is 0 Å². The first-order valence-corrected chi connectivity index (χ1v) is 7.09. The van der Waals surface area contributed by atoms with Crippen LogP contribution in [0.25, 0.3) is 0 Å². The van der Waals surface area contributed by atoms with Crippen LogP contribution in [0, 0.1) is 0 Å². The highest BCUT2D eigenvalue weighted by molar-refractivity contribution is 9.10. The maximum atomic E-state index is 12.4. The van der Waals surface area contributed by atoms with Crippen molar-refractivity contribution in [1.29, 1.82) is 0 Å². The van der Waals surface area contributed by atoms with Gasteiger partial charge in [0.2, 0.25) is 11.8 Å². The summed E-state index contributed by atoms with van der Waals surface area (Å²) in [7, 11) is 0. The first kappa shape index (κ1) is 14.1. The predicted molar refractivity (Wildman–Crippen MR) is 76.4 cm³/mol. The van der Waals surface area contributed by atoms with Crippen molar-refractivity contribution in [3.05, 3.63) is 34.3 Å². The van der Waals surface area contributed by atoms with E-state index in [1.807, 2.05) is 31.2 Å². The van der Waals surface area contributed by atoms with Gasteiger partial charge in [-0.25, -0.2) is 0 Å². The summed E-state index contributed by atoms with van der Waals surface area (Å²) in [5.41, 5.74) is 0.234. The summed E-state index contributed by atoms with van der Waals surface area (Å²) >= 11 is 3.41. The fourth-order valence-corrected chi connectivity index (χ4v) is 2.66. The molecule has 1 aromatic carbocycles. The standard InChI is InChI=1S/C14H17BrN2O2/c1-3-14(2)13(19)17(9-12(18)16-14)8-10-5-4-6-11(15)7-10/h4-7H,3,8-9H2,1-2H3,(H,16,18). The Balaban J connectivity index is 2.19. The molecule has 2 amide bonds. The highest BCUT2D eigenvalue weighted by Gasteiger charge is 2.41. The van der Waals surface area contributed by atoms with Crippen molar-refractivity contribution in [2.75, 3.05) is 6.54 Å². The number of piperazine rings is 1. The Labute approximate surface area is 121 Å². The van der Waals surface area contributed by atoms with E-state index in [4.69, 9.17) is 0 Å². The zero-order chi connectivity index (χ0) is 14.0. The minimum atomic E-state index is -0.776. The number of hydrogen-bond donors (Lipinski definition) is 1. The highest BCUT2D eigenvalue weighted by Crippen LogP contribution is 2.20. The third-order valence-electron chi connectivity index (χ3n) is 3.48. The molecule has 1 unspecified atom stereocenters. The van der Waals surface area contributed by atoms with Crippen molar-refractivity contribution >= 4 is 27.7 Å². The Morgan fingerprint density at radius 2 is 2.16 bits per heavy atom. The van der Waals surface area contributed by atoms with E-state index in [1.54, 1.807) is 11.8 Å². The van der Waals surface area contributed by atoms with Gasteiger partial charge in [0.15, 0.2) is 0 Å². The fourth-order valence-electron chi connectivity index (χ4n) is 2.22. The summed E-state index contributed by atoms with van der Waals surface area (Å²) in [4.78, 5) is 25.8. The van der Waals surface area contributed by atoms with Crippen LogP contribution in [0.15, 0.2) is 28.7 Å². The zero-order valence-corrected chi connectivity index (χ0v) is 12.7. The molecule has 1 saturated heterocycles. The van der Waals surface area contributed by atoms with Crippen LogP contribution < -0.4 is 5.32 Å². The lowest BCUT2D eigenvalue weighted by molar-refractivity contribution is -0.149. The Hall–Kier alpha value is -1.36. The van der Waals surface area contributed by atoms with Crippen LogP contribution in [0.1, 0.15) is 25.8 Å². The molecule has 19 heavy (non-hydrogen) atoms. The molecule has 0 aliphatic carbocycles. The molecule has 0 bridgehead atoms. The van der Waals surface area contributed by atoms with Gasteiger partial charge in [-0.1, -0.05) is 35.0 Å². The minimum Gasteiger partial charge on any atom is -0.340 e. The summed E-state index contributed by atoms with van der Waals surface area (Å²) in [6.45, 7) is 4.27. The number of halogens is 1. The molecular weight excluding hydrogens is 308 g/mol. The molecule has 4 nitrogen and oxygen atoms in total. The number of hydrogen-bond acceptors (Lipinski definition) is 2. The van der Waals surface area contributed by atoms with Crippen molar-refractivity contribution in [2.24, 2.45) is 0 Å². The van der Waals surface area contributed by atoms with Gasteiger partial charge in [0.25, 0.3) is 0 Å². The average Bonchev–Trinajstić information content (AvgIpc) is 2.35. The molecule has 1 heterocycles. The Bertz CT molecular complexity index is 518. The van der Waals surface area contributed by atoms with Crippen LogP contribution in [-0.4, -0.2) is 28.8 Å². The van der Waals surface area contributed by atoms with E-state index >= 15 is 0 Å². The summed E-state index contributed by atoms with van der Waals surface area (Å²) in [6, 6.07) is 7.77. The molecule has 1 N–H and O–H groups in total. The second kappa shape index (κ2) is 5.33. The molecule has 1 aliphatic heterocycles. The summed E-state index contributed by atoms with van der Waals surface area (Å²) < 4.78 is 0.970. The van der Waals surface area contributed by atoms with E-state index in [0.29, 0.717) is 13.0 Å². The van der Waals surface area contributed by atoms with Crippen LogP contribution in [0.3, 0.4) is 0 Å². The molecular formula is C14H17BrN2O2. The number of carbonyl (C=O) groups is 2. The molecule has 0 spiro atoms. The molecule has 0 saturated carbocycles. The number of nitrogens with zero attached hydrogens (tertiary/aromatic N) is 1. The van der Waals surface area contributed by atoms with Crippen molar-refractivity contribution in [3.8, 4) is 0 Å². The van der Waals surface area contributed by atoms with Gasteiger partial charge in [0.05, 0.1) is 6.54 Å². The normalized spacial score (nSPS) is 23.4. The molecule has 0 aromatic heterocycles. The van der Waals surface area contributed by atoms with E-state index in [2.05, 4.69) is 21.2 Å². The molecule has 1 aliphatic rings. The van der Waals surface area contributed by atoms with Gasteiger partial charge in [0.1, 0.15) is 5.54 Å². The lowest BCUT2D eigenvalue weighted by Crippen LogP contribution is -2.64. The van der Waals surface area contributed by atoms with Gasteiger partial charge in [-0.15, -0.1) is 0 Å². The van der Waals surface area contributed by atoms with Crippen molar-refractivity contribution < 1.29 is 9.59 Å². The average molecular weight is 325 g/mol. The topological polar surface area (TPSA) is 49.4 Å². The summed E-state index contributed by atoms with van der Waals surface area (Å²) in [6.07, 6.45) is 0.590. The van der Waals surface area contributed by atoms with Crippen LogP contribution in [0.2, 0.25) is 0 Å². The first-order chi connectivity index (χ1) is 8.94. The Kier molecular flexibility index (Phi) is 3.94. The molecule has 1 aromatic rings. The smallest absolute Gasteiger partial charge is 0.248 e. The summed E-state index contributed by atoms with van der Waals surface area (Å²) in [5, 5.41) is 2.78. The third kappa shape index (κ3) is 2.97. The molecule has 1 atom stereocenters. The first-order valence-electron chi connectivity index (χ1n) is 6.29. The third-order valence-corrected chi connectivity index (χ3v) is 3.97. The lowest BCUT2D eigenvalue weighted by Gasteiger charge is -2.39. The minimum absolute atomic E-state index is 0.0189. The molecule has 2 rings (SSSR count). The molecule has 1 fully saturated rings. The number of nitrogens with one attached hydrogen (secondary N) is 1. The number of carbonyl (C=O) groups excluding carboxylic acids is 2. The van der Waals surface area contributed by atoms with Gasteiger partial charge in [-0.05, 0) is 31.0 Å². The van der Waals surface area contributed by atoms with Gasteiger partial charge in [-0.2, -0.15) is 0 Å². The maximum absolute atomic E-state index is 12.4. The highest BCUT2D eigenvalue weighted by atomic mass is 79.9. The second-order valence-electron chi connectivity index (χ2n) is 5.02. The van der Waals surface area contributed by atoms with Gasteiger partial charge < -0.3 is 10.2 Å². The van der Waals surface area contributed by atoms with E-state index in [-0.39, 0.29) is 18.4 Å². The second-order valence-corrected chi connectivity index (χ2v) is 5.94. The monoisotopic (exact) mass is 324 g/mol. The zero-order valence-electron chi connectivity index (χ0n) is 11.1. The van der Waals surface area contributed by atoms with Crippen LogP contribution in [0.5, 0.6) is 0 Å². The predicted octanol–water partition coefficient (Wildman–Crippen LogP) is 2.08. The van der Waals surface area contributed by atoms with Crippen LogP contribution in [0.4, 0.5) is 0 Å². The Morgan fingerprint density at radius 1 is 1.42 bits per heavy atom. The van der Waals surface area contributed by atoms with Crippen molar-refractivity contribution in [2.45, 2.75) is 32.4 Å². The van der Waals surface area contributed by atoms with Gasteiger partial charge in [-0.3, -0.25) is 9.59 Å². The molecule has 0 radical (unpaired) electrons.